The number of carboxylic acid groups (broad SMARTS) is 1. The number of rotatable bonds is 3. The maximum Gasteiger partial charge on any atom is 0.348 e. The SMILES string of the molecule is O=C(O)c1ccc(Oc2cc3n[nH]c(=O)n3cn2)c(Cl)c1. The van der Waals surface area contributed by atoms with Crippen molar-refractivity contribution >= 4 is 23.2 Å². The Kier molecular flexibility index (Phi) is 3.07. The number of carboxylic acids is 1. The Bertz CT molecular complexity index is 902. The predicted octanol–water partition coefficient (Wildman–Crippen LogP) is 1.56. The average Bonchev–Trinajstić information content (AvgIpc) is 2.82. The molecule has 0 fully saturated rings. The second kappa shape index (κ2) is 4.91. The van der Waals surface area contributed by atoms with Crippen LogP contribution in [0, 0.1) is 0 Å². The van der Waals surface area contributed by atoms with Crippen LogP contribution in [0.15, 0.2) is 35.4 Å². The molecule has 9 heteroatoms. The standard InChI is InChI=1S/C12H7ClN4O4/c13-7-3-6(11(18)19)1-2-8(7)21-10-4-9-15-16-12(20)17(9)5-14-10/h1-5H,(H,16,20)(H,18,19). The largest absolute Gasteiger partial charge is 0.478 e. The number of ether oxygens (including phenoxy) is 1. The monoisotopic (exact) mass is 306 g/mol. The summed E-state index contributed by atoms with van der Waals surface area (Å²) in [5, 5.41) is 15.0. The summed E-state index contributed by atoms with van der Waals surface area (Å²) in [7, 11) is 0. The van der Waals surface area contributed by atoms with Gasteiger partial charge in [0.15, 0.2) is 5.65 Å². The Morgan fingerprint density at radius 3 is 2.90 bits per heavy atom. The zero-order valence-electron chi connectivity index (χ0n) is 10.3. The molecule has 1 aromatic carbocycles. The molecule has 8 nitrogen and oxygen atoms in total. The molecule has 2 heterocycles. The number of carbonyl (C=O) groups is 1. The minimum absolute atomic E-state index is 0.0506. The van der Waals surface area contributed by atoms with Gasteiger partial charge in [-0.15, -0.1) is 0 Å². The van der Waals surface area contributed by atoms with E-state index in [1.807, 2.05) is 0 Å². The maximum absolute atomic E-state index is 11.3. The van der Waals surface area contributed by atoms with Gasteiger partial charge in [-0.3, -0.25) is 0 Å². The fraction of sp³-hybridized carbons (Fsp3) is 0. The van der Waals surface area contributed by atoms with E-state index in [4.69, 9.17) is 21.4 Å². The van der Waals surface area contributed by atoms with Crippen LogP contribution in [0.4, 0.5) is 0 Å². The lowest BCUT2D eigenvalue weighted by molar-refractivity contribution is 0.0697. The van der Waals surface area contributed by atoms with Crippen molar-refractivity contribution in [3.8, 4) is 11.6 Å². The van der Waals surface area contributed by atoms with Gasteiger partial charge in [-0.05, 0) is 18.2 Å². The zero-order valence-corrected chi connectivity index (χ0v) is 11.0. The first kappa shape index (κ1) is 13.1. The highest BCUT2D eigenvalue weighted by Gasteiger charge is 2.10. The molecule has 2 N–H and O–H groups in total. The molecule has 0 aliphatic heterocycles. The summed E-state index contributed by atoms with van der Waals surface area (Å²) in [5.41, 5.74) is -0.0224. The average molecular weight is 307 g/mol. The first-order valence-corrected chi connectivity index (χ1v) is 6.06. The number of benzene rings is 1. The van der Waals surface area contributed by atoms with Crippen molar-refractivity contribution < 1.29 is 14.6 Å². The topological polar surface area (TPSA) is 110 Å². The Morgan fingerprint density at radius 2 is 2.19 bits per heavy atom. The van der Waals surface area contributed by atoms with Gasteiger partial charge >= 0.3 is 11.7 Å². The van der Waals surface area contributed by atoms with Crippen LogP contribution in [0.2, 0.25) is 5.02 Å². The quantitative estimate of drug-likeness (QED) is 0.760. The van der Waals surface area contributed by atoms with Crippen LogP contribution >= 0.6 is 11.6 Å². The normalized spacial score (nSPS) is 10.7. The third-order valence-corrected chi connectivity index (χ3v) is 2.97. The Balaban J connectivity index is 1.94. The molecule has 3 aromatic rings. The van der Waals surface area contributed by atoms with Gasteiger partial charge in [-0.1, -0.05) is 11.6 Å². The van der Waals surface area contributed by atoms with E-state index >= 15 is 0 Å². The maximum atomic E-state index is 11.3. The molecular weight excluding hydrogens is 300 g/mol. The molecule has 0 amide bonds. The number of aromatic amines is 1. The van der Waals surface area contributed by atoms with Crippen LogP contribution < -0.4 is 10.4 Å². The summed E-state index contributed by atoms with van der Waals surface area (Å²) in [6, 6.07) is 5.51. The molecule has 0 aliphatic rings. The number of H-pyrrole nitrogens is 1. The Hall–Kier alpha value is -2.87. The fourth-order valence-electron chi connectivity index (χ4n) is 1.68. The van der Waals surface area contributed by atoms with Crippen LogP contribution in [0.5, 0.6) is 11.6 Å². The van der Waals surface area contributed by atoms with Crippen LogP contribution in [-0.2, 0) is 0 Å². The van der Waals surface area contributed by atoms with Crippen LogP contribution in [0.3, 0.4) is 0 Å². The van der Waals surface area contributed by atoms with Gasteiger partial charge in [0, 0.05) is 6.07 Å². The summed E-state index contributed by atoms with van der Waals surface area (Å²) < 4.78 is 6.67. The van der Waals surface area contributed by atoms with Crippen LogP contribution in [-0.4, -0.2) is 30.7 Å². The fourth-order valence-corrected chi connectivity index (χ4v) is 1.90. The summed E-state index contributed by atoms with van der Waals surface area (Å²) in [5.74, 6) is -0.665. The molecule has 0 unspecified atom stereocenters. The summed E-state index contributed by atoms with van der Waals surface area (Å²) in [6.07, 6.45) is 1.26. The number of hydrogen-bond donors (Lipinski definition) is 2. The van der Waals surface area contributed by atoms with Gasteiger partial charge < -0.3 is 9.84 Å². The van der Waals surface area contributed by atoms with E-state index in [1.165, 1.54) is 35.0 Å². The minimum atomic E-state index is -1.08. The molecule has 0 aliphatic carbocycles. The lowest BCUT2D eigenvalue weighted by atomic mass is 10.2. The second-order valence-electron chi connectivity index (χ2n) is 4.04. The highest BCUT2D eigenvalue weighted by atomic mass is 35.5. The number of halogens is 1. The number of nitrogens with one attached hydrogen (secondary N) is 1. The smallest absolute Gasteiger partial charge is 0.348 e. The number of fused-ring (bicyclic) bond motifs is 1. The van der Waals surface area contributed by atoms with Crippen molar-refractivity contribution in [1.29, 1.82) is 0 Å². The molecule has 0 atom stereocenters. The Labute approximate surface area is 121 Å². The molecule has 2 aromatic heterocycles. The summed E-state index contributed by atoms with van der Waals surface area (Å²) in [6.45, 7) is 0. The molecule has 0 spiro atoms. The number of hydrogen-bond acceptors (Lipinski definition) is 5. The number of aromatic nitrogens is 4. The first-order valence-electron chi connectivity index (χ1n) is 5.68. The minimum Gasteiger partial charge on any atom is -0.478 e. The van der Waals surface area contributed by atoms with E-state index in [9.17, 15) is 9.59 Å². The van der Waals surface area contributed by atoms with E-state index in [2.05, 4.69) is 15.2 Å². The first-order chi connectivity index (χ1) is 10.0. The van der Waals surface area contributed by atoms with Crippen molar-refractivity contribution in [1.82, 2.24) is 19.6 Å². The number of nitrogens with zero attached hydrogens (tertiary/aromatic N) is 3. The molecule has 0 saturated carbocycles. The van der Waals surface area contributed by atoms with Gasteiger partial charge in [-0.25, -0.2) is 24.1 Å². The predicted molar refractivity (Wildman–Crippen MR) is 72.1 cm³/mol. The van der Waals surface area contributed by atoms with Gasteiger partial charge in [0.1, 0.15) is 12.1 Å². The molecule has 3 rings (SSSR count). The lowest BCUT2D eigenvalue weighted by Gasteiger charge is -2.07. The highest BCUT2D eigenvalue weighted by Crippen LogP contribution is 2.29. The molecule has 0 saturated heterocycles. The second-order valence-corrected chi connectivity index (χ2v) is 4.44. The Morgan fingerprint density at radius 1 is 1.38 bits per heavy atom. The highest BCUT2D eigenvalue weighted by molar-refractivity contribution is 6.32. The van der Waals surface area contributed by atoms with Gasteiger partial charge in [0.05, 0.1) is 10.6 Å². The van der Waals surface area contributed by atoms with Crippen molar-refractivity contribution in [3.05, 3.63) is 51.7 Å². The molecule has 0 radical (unpaired) electrons. The summed E-state index contributed by atoms with van der Waals surface area (Å²) >= 11 is 5.95. The molecule has 0 bridgehead atoms. The zero-order chi connectivity index (χ0) is 15.0. The third kappa shape index (κ3) is 2.43. The van der Waals surface area contributed by atoms with E-state index < -0.39 is 11.7 Å². The van der Waals surface area contributed by atoms with Crippen LogP contribution in [0.1, 0.15) is 10.4 Å². The number of aromatic carboxylic acids is 1. The third-order valence-electron chi connectivity index (χ3n) is 2.68. The van der Waals surface area contributed by atoms with E-state index in [1.54, 1.807) is 0 Å². The molecular formula is C12H7ClN4O4. The van der Waals surface area contributed by atoms with Gasteiger partial charge in [-0.2, -0.15) is 5.10 Å². The van der Waals surface area contributed by atoms with Crippen LogP contribution in [0.25, 0.3) is 5.65 Å². The molecule has 21 heavy (non-hydrogen) atoms. The van der Waals surface area contributed by atoms with Crippen molar-refractivity contribution in [2.75, 3.05) is 0 Å². The van der Waals surface area contributed by atoms with Crippen molar-refractivity contribution in [2.24, 2.45) is 0 Å². The molecule has 106 valence electrons. The van der Waals surface area contributed by atoms with E-state index in [-0.39, 0.29) is 22.2 Å². The van der Waals surface area contributed by atoms with Gasteiger partial charge in [0.25, 0.3) is 0 Å². The summed E-state index contributed by atoms with van der Waals surface area (Å²) in [4.78, 5) is 26.0. The lowest BCUT2D eigenvalue weighted by Crippen LogP contribution is -2.09. The van der Waals surface area contributed by atoms with E-state index in [0.29, 0.717) is 5.65 Å². The van der Waals surface area contributed by atoms with Crippen molar-refractivity contribution in [3.63, 3.8) is 0 Å². The van der Waals surface area contributed by atoms with E-state index in [0.717, 1.165) is 0 Å². The van der Waals surface area contributed by atoms with Gasteiger partial charge in [0.2, 0.25) is 5.88 Å². The van der Waals surface area contributed by atoms with Crippen molar-refractivity contribution in [2.45, 2.75) is 0 Å².